The van der Waals surface area contributed by atoms with Crippen LogP contribution >= 0.6 is 0 Å². The third-order valence-corrected chi connectivity index (χ3v) is 7.34. The van der Waals surface area contributed by atoms with Crippen molar-refractivity contribution in [1.82, 2.24) is 9.21 Å². The van der Waals surface area contributed by atoms with E-state index in [1.807, 2.05) is 27.7 Å². The number of carboxylic acid groups (broad SMARTS) is 1. The van der Waals surface area contributed by atoms with Crippen molar-refractivity contribution in [1.29, 1.82) is 0 Å². The lowest BCUT2D eigenvalue weighted by Crippen LogP contribution is -2.61. The van der Waals surface area contributed by atoms with Crippen LogP contribution in [0.4, 0.5) is 4.79 Å². The fraction of sp³-hybridized carbons (Fsp3) is 0.611. The molecule has 2 rings (SSSR count). The molecular formula is C18H28N2O4S. The van der Waals surface area contributed by atoms with Gasteiger partial charge in [0.05, 0.1) is 4.90 Å². The minimum atomic E-state index is -3.64. The molecule has 6 nitrogen and oxygen atoms in total. The molecule has 0 spiro atoms. The van der Waals surface area contributed by atoms with Crippen molar-refractivity contribution in [3.05, 3.63) is 30.3 Å². The number of carbonyl (C=O) groups is 1. The van der Waals surface area contributed by atoms with Gasteiger partial charge >= 0.3 is 6.09 Å². The third-order valence-electron chi connectivity index (χ3n) is 5.31. The quantitative estimate of drug-likeness (QED) is 0.888. The van der Waals surface area contributed by atoms with Crippen molar-refractivity contribution in [2.45, 2.75) is 57.0 Å². The van der Waals surface area contributed by atoms with Crippen LogP contribution in [0.25, 0.3) is 0 Å². The van der Waals surface area contributed by atoms with Gasteiger partial charge in [-0.05, 0) is 37.3 Å². The molecule has 7 heteroatoms. The fourth-order valence-corrected chi connectivity index (χ4v) is 5.04. The first kappa shape index (κ1) is 19.7. The maximum absolute atomic E-state index is 13.0. The van der Waals surface area contributed by atoms with E-state index in [4.69, 9.17) is 0 Å². The Balaban J connectivity index is 2.36. The molecule has 0 radical (unpaired) electrons. The number of rotatable bonds is 3. The summed E-state index contributed by atoms with van der Waals surface area (Å²) in [6, 6.07) is 8.10. The van der Waals surface area contributed by atoms with Crippen LogP contribution in [0.2, 0.25) is 0 Å². The van der Waals surface area contributed by atoms with E-state index in [0.29, 0.717) is 19.4 Å². The largest absolute Gasteiger partial charge is 0.465 e. The molecule has 2 atom stereocenters. The molecule has 0 saturated carbocycles. The number of hydrogen-bond acceptors (Lipinski definition) is 3. The van der Waals surface area contributed by atoms with Crippen LogP contribution in [-0.2, 0) is 10.0 Å². The molecule has 1 aromatic carbocycles. The van der Waals surface area contributed by atoms with E-state index < -0.39 is 21.7 Å². The van der Waals surface area contributed by atoms with Gasteiger partial charge in [-0.1, -0.05) is 39.0 Å². The van der Waals surface area contributed by atoms with Crippen molar-refractivity contribution in [2.24, 2.45) is 5.41 Å². The number of hydrogen-bond donors (Lipinski definition) is 1. The Morgan fingerprint density at radius 3 is 2.32 bits per heavy atom. The second kappa shape index (κ2) is 6.61. The molecule has 1 fully saturated rings. The summed E-state index contributed by atoms with van der Waals surface area (Å²) >= 11 is 0. The number of benzene rings is 1. The molecule has 1 N–H and O–H groups in total. The third kappa shape index (κ3) is 3.82. The molecular weight excluding hydrogens is 340 g/mol. The maximum atomic E-state index is 13.0. The Kier molecular flexibility index (Phi) is 5.21. The van der Waals surface area contributed by atoms with Gasteiger partial charge in [-0.15, -0.1) is 0 Å². The van der Waals surface area contributed by atoms with E-state index in [1.54, 1.807) is 37.4 Å². The van der Waals surface area contributed by atoms with E-state index >= 15 is 0 Å². The second-order valence-electron chi connectivity index (χ2n) is 8.09. The van der Waals surface area contributed by atoms with Gasteiger partial charge in [0.25, 0.3) is 0 Å². The van der Waals surface area contributed by atoms with Gasteiger partial charge in [0, 0.05) is 25.2 Å². The van der Waals surface area contributed by atoms with Crippen LogP contribution in [0.3, 0.4) is 0 Å². The standard InChI is InChI=1S/C18H28N2O4S/c1-17(2,3)15-13-18(4,11-12-20(15)16(21)22)19(5)25(23,24)14-9-7-6-8-10-14/h6-10,15H,11-13H2,1-5H3,(H,21,22). The van der Waals surface area contributed by atoms with E-state index in [-0.39, 0.29) is 16.4 Å². The lowest BCUT2D eigenvalue weighted by molar-refractivity contribution is 0.00910. The van der Waals surface area contributed by atoms with E-state index in [9.17, 15) is 18.3 Å². The summed E-state index contributed by atoms with van der Waals surface area (Å²) in [5.74, 6) is 0. The molecule has 2 unspecified atom stereocenters. The Morgan fingerprint density at radius 2 is 1.84 bits per heavy atom. The van der Waals surface area contributed by atoms with Crippen molar-refractivity contribution in [2.75, 3.05) is 13.6 Å². The summed E-state index contributed by atoms with van der Waals surface area (Å²) in [5, 5.41) is 9.51. The van der Waals surface area contributed by atoms with Crippen molar-refractivity contribution < 1.29 is 18.3 Å². The smallest absolute Gasteiger partial charge is 0.407 e. The SMILES string of the molecule is CN(C1(C)CCN(C(=O)O)C(C(C)(C)C)C1)S(=O)(=O)c1ccccc1. The lowest BCUT2D eigenvalue weighted by Gasteiger charge is -2.51. The first-order chi connectivity index (χ1) is 11.4. The van der Waals surface area contributed by atoms with Gasteiger partial charge in [-0.2, -0.15) is 4.31 Å². The normalized spacial score (nSPS) is 25.2. The van der Waals surface area contributed by atoms with Crippen LogP contribution in [-0.4, -0.2) is 54.0 Å². The molecule has 1 heterocycles. The number of amides is 1. The molecule has 0 aliphatic carbocycles. The average Bonchev–Trinajstić information content (AvgIpc) is 2.53. The zero-order chi connectivity index (χ0) is 19.0. The number of piperidine rings is 1. The Morgan fingerprint density at radius 1 is 1.28 bits per heavy atom. The summed E-state index contributed by atoms with van der Waals surface area (Å²) in [6.45, 7) is 8.20. The number of nitrogens with zero attached hydrogens (tertiary/aromatic N) is 2. The van der Waals surface area contributed by atoms with Crippen LogP contribution in [0.15, 0.2) is 35.2 Å². The topological polar surface area (TPSA) is 77.9 Å². The zero-order valence-corrected chi connectivity index (χ0v) is 16.4. The van der Waals surface area contributed by atoms with Crippen molar-refractivity contribution in [3.8, 4) is 0 Å². The van der Waals surface area contributed by atoms with Gasteiger partial charge < -0.3 is 10.0 Å². The highest BCUT2D eigenvalue weighted by Crippen LogP contribution is 2.40. The number of likely N-dealkylation sites (tertiary alicyclic amines) is 1. The predicted molar refractivity (Wildman–Crippen MR) is 97.0 cm³/mol. The van der Waals surface area contributed by atoms with Crippen LogP contribution in [0.1, 0.15) is 40.5 Å². The van der Waals surface area contributed by atoms with E-state index in [2.05, 4.69) is 0 Å². The van der Waals surface area contributed by atoms with Crippen LogP contribution < -0.4 is 0 Å². The van der Waals surface area contributed by atoms with Crippen molar-refractivity contribution >= 4 is 16.1 Å². The Labute approximate surface area is 150 Å². The molecule has 0 aromatic heterocycles. The first-order valence-electron chi connectivity index (χ1n) is 8.43. The average molecular weight is 368 g/mol. The lowest BCUT2D eigenvalue weighted by atomic mass is 9.74. The molecule has 1 aliphatic rings. The van der Waals surface area contributed by atoms with Crippen molar-refractivity contribution in [3.63, 3.8) is 0 Å². The summed E-state index contributed by atoms with van der Waals surface area (Å²) in [6.07, 6.45) is -0.0182. The van der Waals surface area contributed by atoms with E-state index in [1.165, 1.54) is 9.21 Å². The Bertz CT molecular complexity index is 727. The molecule has 25 heavy (non-hydrogen) atoms. The molecule has 1 saturated heterocycles. The van der Waals surface area contributed by atoms with Gasteiger partial charge in [0.1, 0.15) is 0 Å². The maximum Gasteiger partial charge on any atom is 0.407 e. The van der Waals surface area contributed by atoms with Gasteiger partial charge in [-0.3, -0.25) is 0 Å². The summed E-state index contributed by atoms with van der Waals surface area (Å²) in [4.78, 5) is 13.3. The molecule has 0 bridgehead atoms. The highest BCUT2D eigenvalue weighted by atomic mass is 32.2. The van der Waals surface area contributed by atoms with Crippen LogP contribution in [0, 0.1) is 5.41 Å². The van der Waals surface area contributed by atoms with Gasteiger partial charge in [-0.25, -0.2) is 13.2 Å². The first-order valence-corrected chi connectivity index (χ1v) is 9.87. The minimum absolute atomic E-state index is 0.253. The fourth-order valence-electron chi connectivity index (χ4n) is 3.48. The molecule has 1 aromatic rings. The molecule has 1 amide bonds. The minimum Gasteiger partial charge on any atom is -0.465 e. The predicted octanol–water partition coefficient (Wildman–Crippen LogP) is 3.25. The summed E-state index contributed by atoms with van der Waals surface area (Å²) in [7, 11) is -2.04. The second-order valence-corrected chi connectivity index (χ2v) is 10.1. The highest BCUT2D eigenvalue weighted by molar-refractivity contribution is 7.89. The van der Waals surface area contributed by atoms with Gasteiger partial charge in [0.15, 0.2) is 0 Å². The summed E-state index contributed by atoms with van der Waals surface area (Å²) < 4.78 is 27.4. The Hall–Kier alpha value is -1.60. The highest BCUT2D eigenvalue weighted by Gasteiger charge is 2.48. The summed E-state index contributed by atoms with van der Waals surface area (Å²) in [5.41, 5.74) is -0.921. The number of sulfonamides is 1. The molecule has 140 valence electrons. The van der Waals surface area contributed by atoms with Crippen LogP contribution in [0.5, 0.6) is 0 Å². The van der Waals surface area contributed by atoms with E-state index in [0.717, 1.165) is 0 Å². The van der Waals surface area contributed by atoms with Gasteiger partial charge in [0.2, 0.25) is 10.0 Å². The monoisotopic (exact) mass is 368 g/mol. The molecule has 1 aliphatic heterocycles. The zero-order valence-electron chi connectivity index (χ0n) is 15.6.